The van der Waals surface area contributed by atoms with E-state index in [9.17, 15) is 19.7 Å². The van der Waals surface area contributed by atoms with Gasteiger partial charge in [-0.2, -0.15) is 0 Å². The van der Waals surface area contributed by atoms with Gasteiger partial charge < -0.3 is 9.72 Å². The Balaban J connectivity index is 2.47. The Morgan fingerprint density at radius 2 is 2.14 bits per heavy atom. The number of fused-ring (bicyclic) bond motifs is 3. The molecule has 0 unspecified atom stereocenters. The molecule has 2 heterocycles. The molecule has 21 heavy (non-hydrogen) atoms. The average Bonchev–Trinajstić information content (AvgIpc) is 2.92. The van der Waals surface area contributed by atoms with Crippen molar-refractivity contribution >= 4 is 43.3 Å². The zero-order valence-corrected chi connectivity index (χ0v) is 11.5. The van der Waals surface area contributed by atoms with Gasteiger partial charge in [0.25, 0.3) is 5.56 Å². The highest BCUT2D eigenvalue weighted by Crippen LogP contribution is 2.33. The van der Waals surface area contributed by atoms with Crippen molar-refractivity contribution in [3.8, 4) is 0 Å². The number of thiophene rings is 1. The van der Waals surface area contributed by atoms with Gasteiger partial charge in [-0.05, 0) is 6.07 Å². The molecule has 0 fully saturated rings. The van der Waals surface area contributed by atoms with Gasteiger partial charge in [-0.15, -0.1) is 0 Å². The van der Waals surface area contributed by atoms with E-state index in [0.717, 1.165) is 11.3 Å². The molecule has 0 radical (unpaired) electrons. The summed E-state index contributed by atoms with van der Waals surface area (Å²) in [6.45, 7) is 0. The van der Waals surface area contributed by atoms with Gasteiger partial charge in [-0.3, -0.25) is 14.9 Å². The van der Waals surface area contributed by atoms with Crippen LogP contribution in [0.5, 0.6) is 0 Å². The van der Waals surface area contributed by atoms with Gasteiger partial charge in [0, 0.05) is 16.8 Å². The molecular weight excluding hydrogens is 296 g/mol. The molecule has 2 aromatic heterocycles. The van der Waals surface area contributed by atoms with Gasteiger partial charge in [0.1, 0.15) is 4.70 Å². The smallest absolute Gasteiger partial charge is 0.339 e. The van der Waals surface area contributed by atoms with E-state index in [1.807, 2.05) is 0 Å². The van der Waals surface area contributed by atoms with Crippen LogP contribution in [0.4, 0.5) is 5.00 Å². The minimum atomic E-state index is -0.583. The number of carbonyl (C=O) groups excluding carboxylic acids is 1. The predicted molar refractivity (Wildman–Crippen MR) is 77.9 cm³/mol. The molecule has 0 spiro atoms. The van der Waals surface area contributed by atoms with Gasteiger partial charge in [0.2, 0.25) is 0 Å². The molecule has 0 saturated heterocycles. The molecule has 1 aromatic carbocycles. The lowest BCUT2D eigenvalue weighted by atomic mass is 10.1. The zero-order chi connectivity index (χ0) is 15.1. The summed E-state index contributed by atoms with van der Waals surface area (Å²) in [6.07, 6.45) is 0. The summed E-state index contributed by atoms with van der Waals surface area (Å²) < 4.78 is 4.93. The Hall–Kier alpha value is -2.74. The topological polar surface area (TPSA) is 102 Å². The SMILES string of the molecule is COC(=O)c1cccc2c1[nH]c(=O)c1sc([N+](=O)[O-])cc12. The number of hydrogen-bond acceptors (Lipinski definition) is 6. The summed E-state index contributed by atoms with van der Waals surface area (Å²) in [5.41, 5.74) is 0.0596. The molecule has 0 atom stereocenters. The first kappa shape index (κ1) is 13.3. The highest BCUT2D eigenvalue weighted by molar-refractivity contribution is 7.22. The molecule has 0 aliphatic heterocycles. The van der Waals surface area contributed by atoms with E-state index in [0.29, 0.717) is 16.3 Å². The third-order valence-corrected chi connectivity index (χ3v) is 4.19. The van der Waals surface area contributed by atoms with E-state index in [1.165, 1.54) is 19.2 Å². The van der Waals surface area contributed by atoms with Crippen LogP contribution in [0, 0.1) is 10.1 Å². The number of carbonyl (C=O) groups is 1. The lowest BCUT2D eigenvalue weighted by Crippen LogP contribution is -2.09. The van der Waals surface area contributed by atoms with E-state index in [1.54, 1.807) is 12.1 Å². The maximum atomic E-state index is 12.1. The predicted octanol–water partition coefficient (Wildman–Crippen LogP) is 2.44. The Morgan fingerprint density at radius 3 is 2.81 bits per heavy atom. The molecule has 0 aliphatic rings. The minimum Gasteiger partial charge on any atom is -0.465 e. The van der Waals surface area contributed by atoms with Crippen molar-refractivity contribution in [3.63, 3.8) is 0 Å². The number of nitrogens with zero attached hydrogens (tertiary/aromatic N) is 1. The van der Waals surface area contributed by atoms with Crippen LogP contribution in [0.3, 0.4) is 0 Å². The van der Waals surface area contributed by atoms with Gasteiger partial charge >= 0.3 is 11.0 Å². The molecule has 3 rings (SSSR count). The number of rotatable bonds is 2. The first-order valence-electron chi connectivity index (χ1n) is 5.84. The van der Waals surface area contributed by atoms with Crippen LogP contribution < -0.4 is 5.56 Å². The number of aromatic amines is 1. The van der Waals surface area contributed by atoms with Crippen LogP contribution in [-0.2, 0) is 4.74 Å². The van der Waals surface area contributed by atoms with Gasteiger partial charge in [-0.25, -0.2) is 4.79 Å². The molecule has 0 bridgehead atoms. The largest absolute Gasteiger partial charge is 0.465 e. The highest BCUT2D eigenvalue weighted by atomic mass is 32.1. The summed E-state index contributed by atoms with van der Waals surface area (Å²) in [5.74, 6) is -0.583. The molecular formula is C13H8N2O5S. The van der Waals surface area contributed by atoms with Crippen molar-refractivity contribution in [3.05, 3.63) is 50.3 Å². The van der Waals surface area contributed by atoms with Crippen molar-refractivity contribution in [1.29, 1.82) is 0 Å². The maximum Gasteiger partial charge on any atom is 0.339 e. The normalized spacial score (nSPS) is 10.9. The first-order chi connectivity index (χ1) is 10.0. The molecule has 0 amide bonds. The fraction of sp³-hybridized carbons (Fsp3) is 0.0769. The summed E-state index contributed by atoms with van der Waals surface area (Å²) >= 11 is 0.808. The van der Waals surface area contributed by atoms with Crippen molar-refractivity contribution in [2.24, 2.45) is 0 Å². The number of aromatic nitrogens is 1. The van der Waals surface area contributed by atoms with Gasteiger partial charge in [0.15, 0.2) is 0 Å². The highest BCUT2D eigenvalue weighted by Gasteiger charge is 2.19. The van der Waals surface area contributed by atoms with Crippen molar-refractivity contribution < 1.29 is 14.5 Å². The standard InChI is InChI=1S/C13H8N2O5S/c1-20-13(17)7-4-2-3-6-8-5-9(15(18)19)21-11(8)12(16)14-10(6)7/h2-5H,1H3,(H,14,16). The summed E-state index contributed by atoms with van der Waals surface area (Å²) in [5, 5.41) is 11.8. The molecule has 8 heteroatoms. The van der Waals surface area contributed by atoms with Crippen molar-refractivity contribution in [2.45, 2.75) is 0 Å². The van der Waals surface area contributed by atoms with Crippen LogP contribution in [-0.4, -0.2) is 23.0 Å². The fourth-order valence-corrected chi connectivity index (χ4v) is 3.08. The number of benzene rings is 1. The van der Waals surface area contributed by atoms with E-state index in [4.69, 9.17) is 0 Å². The molecule has 0 aliphatic carbocycles. The molecule has 1 N–H and O–H groups in total. The fourth-order valence-electron chi connectivity index (χ4n) is 2.20. The maximum absolute atomic E-state index is 12.1. The second-order valence-electron chi connectivity index (χ2n) is 4.26. The van der Waals surface area contributed by atoms with E-state index < -0.39 is 16.5 Å². The lowest BCUT2D eigenvalue weighted by Gasteiger charge is -2.05. The van der Waals surface area contributed by atoms with E-state index in [-0.39, 0.29) is 15.3 Å². The Bertz CT molecular complexity index is 956. The van der Waals surface area contributed by atoms with Crippen LogP contribution in [0.2, 0.25) is 0 Å². The average molecular weight is 304 g/mol. The molecule has 3 aromatic rings. The van der Waals surface area contributed by atoms with Gasteiger partial charge in [0.05, 0.1) is 23.1 Å². The van der Waals surface area contributed by atoms with Crippen LogP contribution in [0.1, 0.15) is 10.4 Å². The lowest BCUT2D eigenvalue weighted by molar-refractivity contribution is -0.380. The number of hydrogen-bond donors (Lipinski definition) is 1. The summed E-state index contributed by atoms with van der Waals surface area (Å²) in [4.78, 5) is 36.7. The first-order valence-corrected chi connectivity index (χ1v) is 6.66. The Morgan fingerprint density at radius 1 is 1.38 bits per heavy atom. The summed E-state index contributed by atoms with van der Waals surface area (Å²) in [6, 6.07) is 6.20. The molecule has 7 nitrogen and oxygen atoms in total. The third-order valence-electron chi connectivity index (χ3n) is 3.10. The van der Waals surface area contributed by atoms with Crippen LogP contribution in [0.25, 0.3) is 21.0 Å². The second-order valence-corrected chi connectivity index (χ2v) is 5.29. The van der Waals surface area contributed by atoms with Crippen LogP contribution >= 0.6 is 11.3 Å². The monoisotopic (exact) mass is 304 g/mol. The number of esters is 1. The number of nitrogens with one attached hydrogen (secondary N) is 1. The number of nitro groups is 1. The van der Waals surface area contributed by atoms with Crippen molar-refractivity contribution in [2.75, 3.05) is 7.11 Å². The number of methoxy groups -OCH3 is 1. The number of para-hydroxylation sites is 1. The third kappa shape index (κ3) is 1.96. The Kier molecular flexibility index (Phi) is 2.95. The number of pyridine rings is 1. The van der Waals surface area contributed by atoms with Crippen LogP contribution in [0.15, 0.2) is 29.1 Å². The number of H-pyrrole nitrogens is 1. The molecule has 0 saturated carbocycles. The number of ether oxygens (including phenoxy) is 1. The van der Waals surface area contributed by atoms with E-state index >= 15 is 0 Å². The zero-order valence-electron chi connectivity index (χ0n) is 10.7. The quantitative estimate of drug-likeness (QED) is 0.445. The van der Waals surface area contributed by atoms with E-state index in [2.05, 4.69) is 9.72 Å². The summed E-state index contributed by atoms with van der Waals surface area (Å²) in [7, 11) is 1.24. The van der Waals surface area contributed by atoms with Gasteiger partial charge in [-0.1, -0.05) is 23.5 Å². The minimum absolute atomic E-state index is 0.119. The molecule has 106 valence electrons. The van der Waals surface area contributed by atoms with Crippen molar-refractivity contribution in [1.82, 2.24) is 4.98 Å². The second kappa shape index (κ2) is 4.67. The Labute approximate surface area is 120 Å².